The van der Waals surface area contributed by atoms with Crippen molar-refractivity contribution < 1.29 is 28.5 Å². The SMILES string of the molecule is C=C(CSC1C=CC/C=C(C)\C=C/1)C(=O)OCCOCCOCCOCCOC(N)C(=C)CSC(/C=C\C)=C/C=C/C. The first kappa shape index (κ1) is 37.9. The maximum atomic E-state index is 12.1. The van der Waals surface area contributed by atoms with Gasteiger partial charge >= 0.3 is 5.97 Å². The molecule has 0 fully saturated rings. The highest BCUT2D eigenvalue weighted by Gasteiger charge is 2.11. The quantitative estimate of drug-likeness (QED) is 0.0352. The van der Waals surface area contributed by atoms with E-state index in [0.717, 1.165) is 16.9 Å². The van der Waals surface area contributed by atoms with Crippen LogP contribution in [0, 0.1) is 0 Å². The van der Waals surface area contributed by atoms with Gasteiger partial charge in [0.05, 0.1) is 46.2 Å². The first-order valence-corrected chi connectivity index (χ1v) is 16.3. The summed E-state index contributed by atoms with van der Waals surface area (Å²) in [5.74, 6) is 0.799. The van der Waals surface area contributed by atoms with Crippen molar-refractivity contribution >= 4 is 29.5 Å². The number of carbonyl (C=O) groups excluding carboxylic acids is 1. The van der Waals surface area contributed by atoms with E-state index in [9.17, 15) is 4.79 Å². The standard InChI is InChI=1S/C33H49NO6S2/c1-6-8-13-30(11-7-2)41-25-28(4)32(34)39-23-21-37-19-17-36-18-20-38-22-24-40-33(35)29(5)26-42-31-14-10-9-12-27(3)15-16-31/h6-8,10-16,31-32H,4-5,9,17-26,34H2,1-3H3/b8-6+,11-7-,14-10?,16-15-,27-12-,30-13+. The van der Waals surface area contributed by atoms with E-state index in [1.54, 1.807) is 23.5 Å². The van der Waals surface area contributed by atoms with Gasteiger partial charge in [0, 0.05) is 27.2 Å². The van der Waals surface area contributed by atoms with Crippen LogP contribution in [0.4, 0.5) is 0 Å². The summed E-state index contributed by atoms with van der Waals surface area (Å²) in [6, 6.07) is 0. The highest BCUT2D eigenvalue weighted by atomic mass is 32.2. The largest absolute Gasteiger partial charge is 0.460 e. The van der Waals surface area contributed by atoms with Crippen LogP contribution in [0.25, 0.3) is 0 Å². The molecular weight excluding hydrogens is 570 g/mol. The van der Waals surface area contributed by atoms with E-state index in [2.05, 4.69) is 62.6 Å². The van der Waals surface area contributed by atoms with Gasteiger partial charge in [-0.25, -0.2) is 4.79 Å². The number of thioether (sulfide) groups is 2. The Morgan fingerprint density at radius 3 is 2.33 bits per heavy atom. The number of rotatable bonds is 23. The second-order valence-corrected chi connectivity index (χ2v) is 11.4. The Morgan fingerprint density at radius 2 is 1.67 bits per heavy atom. The molecule has 2 N–H and O–H groups in total. The van der Waals surface area contributed by atoms with Gasteiger partial charge in [0.15, 0.2) is 0 Å². The fourth-order valence-electron chi connectivity index (χ4n) is 3.17. The minimum Gasteiger partial charge on any atom is -0.460 e. The van der Waals surface area contributed by atoms with E-state index in [1.165, 1.54) is 5.57 Å². The van der Waals surface area contributed by atoms with Crippen LogP contribution >= 0.6 is 23.5 Å². The third-order valence-corrected chi connectivity index (χ3v) is 7.86. The first-order chi connectivity index (χ1) is 20.4. The highest BCUT2D eigenvalue weighted by molar-refractivity contribution is 8.03. The van der Waals surface area contributed by atoms with Crippen LogP contribution < -0.4 is 5.73 Å². The van der Waals surface area contributed by atoms with Crippen molar-refractivity contribution in [1.29, 1.82) is 0 Å². The summed E-state index contributed by atoms with van der Waals surface area (Å²) in [7, 11) is 0. The van der Waals surface area contributed by atoms with Gasteiger partial charge in [-0.05, 0) is 38.8 Å². The Hall–Kier alpha value is -2.11. The molecular formula is C33H49NO6S2. The van der Waals surface area contributed by atoms with Gasteiger partial charge in [0.2, 0.25) is 0 Å². The van der Waals surface area contributed by atoms with Crippen molar-refractivity contribution in [3.05, 3.63) is 95.5 Å². The fourth-order valence-corrected chi connectivity index (χ4v) is 5.01. The monoisotopic (exact) mass is 619 g/mol. The minimum atomic E-state index is -0.535. The van der Waals surface area contributed by atoms with Crippen LogP contribution in [0.3, 0.4) is 0 Å². The Balaban J connectivity index is 1.98. The molecule has 0 aromatic heterocycles. The van der Waals surface area contributed by atoms with Crippen LogP contribution in [0.5, 0.6) is 0 Å². The summed E-state index contributed by atoms with van der Waals surface area (Å²) in [6.45, 7) is 16.9. The number of esters is 1. The molecule has 7 nitrogen and oxygen atoms in total. The lowest BCUT2D eigenvalue weighted by Crippen LogP contribution is -2.28. The van der Waals surface area contributed by atoms with Crippen LogP contribution in [0.15, 0.2) is 95.5 Å². The van der Waals surface area contributed by atoms with E-state index in [1.807, 2.05) is 32.1 Å². The maximum absolute atomic E-state index is 12.1. The molecule has 0 saturated carbocycles. The molecule has 234 valence electrons. The molecule has 0 heterocycles. The summed E-state index contributed by atoms with van der Waals surface area (Å²) in [5, 5.41) is 0.214. The molecule has 42 heavy (non-hydrogen) atoms. The molecule has 0 saturated heterocycles. The molecule has 0 aromatic carbocycles. The van der Waals surface area contributed by atoms with Crippen LogP contribution in [0.2, 0.25) is 0 Å². The van der Waals surface area contributed by atoms with Gasteiger partial charge in [-0.15, -0.1) is 23.5 Å². The lowest BCUT2D eigenvalue weighted by atomic mass is 10.1. The van der Waals surface area contributed by atoms with Gasteiger partial charge in [0.25, 0.3) is 0 Å². The van der Waals surface area contributed by atoms with E-state index < -0.39 is 12.2 Å². The van der Waals surface area contributed by atoms with E-state index in [0.29, 0.717) is 63.3 Å². The van der Waals surface area contributed by atoms with E-state index in [4.69, 9.17) is 29.4 Å². The first-order valence-electron chi connectivity index (χ1n) is 14.2. The zero-order valence-corrected chi connectivity index (χ0v) is 27.1. The molecule has 0 bridgehead atoms. The lowest BCUT2D eigenvalue weighted by molar-refractivity contribution is -0.140. The molecule has 0 amide bonds. The van der Waals surface area contributed by atoms with Crippen molar-refractivity contribution in [2.75, 3.05) is 64.4 Å². The van der Waals surface area contributed by atoms with Crippen molar-refractivity contribution in [3.8, 4) is 0 Å². The predicted molar refractivity (Wildman–Crippen MR) is 179 cm³/mol. The number of hydrogen-bond donors (Lipinski definition) is 1. The van der Waals surface area contributed by atoms with Crippen molar-refractivity contribution in [2.24, 2.45) is 5.73 Å². The Morgan fingerprint density at radius 1 is 1.00 bits per heavy atom. The smallest absolute Gasteiger partial charge is 0.334 e. The number of carbonyl (C=O) groups is 1. The molecule has 1 aliphatic carbocycles. The average Bonchev–Trinajstić information content (AvgIpc) is 2.97. The van der Waals surface area contributed by atoms with Gasteiger partial charge < -0.3 is 29.4 Å². The summed E-state index contributed by atoms with van der Waals surface area (Å²) in [6.07, 6.45) is 21.2. The van der Waals surface area contributed by atoms with Gasteiger partial charge in [-0.3, -0.25) is 0 Å². The van der Waals surface area contributed by atoms with Gasteiger partial charge in [-0.2, -0.15) is 0 Å². The predicted octanol–water partition coefficient (Wildman–Crippen LogP) is 6.33. The van der Waals surface area contributed by atoms with Crippen LogP contribution in [-0.2, 0) is 28.5 Å². The summed E-state index contributed by atoms with van der Waals surface area (Å²) >= 11 is 3.31. The average molecular weight is 620 g/mol. The Labute approximate surface area is 261 Å². The summed E-state index contributed by atoms with van der Waals surface area (Å²) in [4.78, 5) is 13.3. The zero-order valence-electron chi connectivity index (χ0n) is 25.5. The second-order valence-electron chi connectivity index (χ2n) is 9.16. The van der Waals surface area contributed by atoms with E-state index >= 15 is 0 Å². The summed E-state index contributed by atoms with van der Waals surface area (Å²) < 4.78 is 27.3. The molecule has 0 aliphatic heterocycles. The minimum absolute atomic E-state index is 0.177. The lowest BCUT2D eigenvalue weighted by Gasteiger charge is -2.16. The molecule has 1 aliphatic rings. The molecule has 9 heteroatoms. The molecule has 2 unspecified atom stereocenters. The third-order valence-electron chi connectivity index (χ3n) is 5.53. The maximum Gasteiger partial charge on any atom is 0.334 e. The topological polar surface area (TPSA) is 89.2 Å². The van der Waals surface area contributed by atoms with Crippen molar-refractivity contribution in [3.63, 3.8) is 0 Å². The number of allylic oxidation sites excluding steroid dienone is 9. The number of hydrogen-bond acceptors (Lipinski definition) is 9. The summed E-state index contributed by atoms with van der Waals surface area (Å²) in [5.41, 5.74) is 8.58. The van der Waals surface area contributed by atoms with Gasteiger partial charge in [0.1, 0.15) is 12.8 Å². The van der Waals surface area contributed by atoms with Gasteiger partial charge in [-0.1, -0.05) is 73.4 Å². The Bertz CT molecular complexity index is 983. The normalized spacial score (nSPS) is 18.4. The molecule has 1 rings (SSSR count). The Kier molecular flexibility index (Phi) is 22.9. The second kappa shape index (κ2) is 25.4. The zero-order chi connectivity index (χ0) is 30.8. The molecule has 0 spiro atoms. The number of ether oxygens (including phenoxy) is 5. The fraction of sp³-hybridized carbons (Fsp3) is 0.485. The highest BCUT2D eigenvalue weighted by Crippen LogP contribution is 2.21. The van der Waals surface area contributed by atoms with Crippen LogP contribution in [0.1, 0.15) is 27.2 Å². The van der Waals surface area contributed by atoms with Crippen molar-refractivity contribution in [2.45, 2.75) is 38.7 Å². The molecule has 0 radical (unpaired) electrons. The third kappa shape index (κ3) is 19.9. The number of nitrogens with two attached hydrogens (primary N) is 1. The van der Waals surface area contributed by atoms with Crippen molar-refractivity contribution in [1.82, 2.24) is 0 Å². The molecule has 0 aromatic rings. The van der Waals surface area contributed by atoms with E-state index in [-0.39, 0.29) is 11.9 Å². The molecule has 2 atom stereocenters. The van der Waals surface area contributed by atoms with Crippen LogP contribution in [-0.4, -0.2) is 81.8 Å².